The molecule has 1 aromatic rings. The molecule has 0 saturated heterocycles. The number of aliphatic carboxylic acids is 1. The summed E-state index contributed by atoms with van der Waals surface area (Å²) in [5.41, 5.74) is -4.64. The summed E-state index contributed by atoms with van der Waals surface area (Å²) in [5.74, 6) is -3.76. The van der Waals surface area contributed by atoms with Gasteiger partial charge in [-0.2, -0.15) is 13.2 Å². The number of ether oxygens (including phenoxy) is 1. The smallest absolute Gasteiger partial charge is 0.432 e. The minimum absolute atomic E-state index is 0.0333. The molecule has 21 heavy (non-hydrogen) atoms. The van der Waals surface area contributed by atoms with Crippen LogP contribution in [-0.2, 0) is 4.79 Å². The number of para-hydroxylation sites is 1. The summed E-state index contributed by atoms with van der Waals surface area (Å²) in [6.07, 6.45) is -4.25. The van der Waals surface area contributed by atoms with Crippen molar-refractivity contribution in [3.05, 3.63) is 34.9 Å². The molecule has 0 aliphatic carbocycles. The van der Waals surface area contributed by atoms with Crippen LogP contribution >= 0.6 is 0 Å². The zero-order chi connectivity index (χ0) is 16.0. The Morgan fingerprint density at radius 1 is 1.19 bits per heavy atom. The number of fused-ring (bicyclic) bond motifs is 1. The van der Waals surface area contributed by atoms with E-state index in [0.717, 1.165) is 12.1 Å². The molecule has 0 fully saturated rings. The molecule has 1 unspecified atom stereocenters. The molecule has 0 aromatic heterocycles. The second-order valence-electron chi connectivity index (χ2n) is 4.53. The van der Waals surface area contributed by atoms with Crippen molar-refractivity contribution in [1.29, 1.82) is 0 Å². The van der Waals surface area contributed by atoms with Gasteiger partial charge in [-0.25, -0.2) is 9.59 Å². The number of carboxylic acids is 2. The molecule has 2 rings (SSSR count). The maximum Gasteiger partial charge on any atom is 0.432 e. The largest absolute Gasteiger partial charge is 0.478 e. The van der Waals surface area contributed by atoms with E-state index in [2.05, 4.69) is 0 Å². The molecule has 5 nitrogen and oxygen atoms in total. The van der Waals surface area contributed by atoms with E-state index < -0.39 is 40.6 Å². The fourth-order valence-corrected chi connectivity index (χ4v) is 1.98. The lowest BCUT2D eigenvalue weighted by molar-refractivity contribution is -0.228. The summed E-state index contributed by atoms with van der Waals surface area (Å²) in [7, 11) is 0. The second kappa shape index (κ2) is 4.51. The van der Waals surface area contributed by atoms with Crippen LogP contribution in [-0.4, -0.2) is 33.9 Å². The Morgan fingerprint density at radius 2 is 1.81 bits per heavy atom. The number of carbonyl (C=O) groups is 2. The molecule has 8 heteroatoms. The number of carboxylic acid groups (broad SMARTS) is 2. The van der Waals surface area contributed by atoms with Crippen LogP contribution in [0.4, 0.5) is 13.2 Å². The predicted octanol–water partition coefficient (Wildman–Crippen LogP) is 2.57. The van der Waals surface area contributed by atoms with Crippen molar-refractivity contribution < 1.29 is 37.7 Å². The molecule has 1 heterocycles. The zero-order valence-electron chi connectivity index (χ0n) is 10.6. The maximum atomic E-state index is 13.2. The van der Waals surface area contributed by atoms with Crippen LogP contribution in [0.15, 0.2) is 23.8 Å². The Labute approximate surface area is 116 Å². The Hall–Kier alpha value is -2.51. The van der Waals surface area contributed by atoms with Crippen molar-refractivity contribution in [2.45, 2.75) is 18.7 Å². The van der Waals surface area contributed by atoms with Crippen LogP contribution in [0.25, 0.3) is 6.08 Å². The molecule has 1 aliphatic heterocycles. The third-order valence-electron chi connectivity index (χ3n) is 3.17. The lowest BCUT2D eigenvalue weighted by Crippen LogP contribution is -2.52. The SMILES string of the molecule is CC1(C(F)(F)F)Oc2c(cccc2C(=O)O)C=C1C(=O)O. The number of halogens is 3. The van der Waals surface area contributed by atoms with Gasteiger partial charge < -0.3 is 14.9 Å². The molecular weight excluding hydrogens is 293 g/mol. The van der Waals surface area contributed by atoms with E-state index in [4.69, 9.17) is 14.9 Å². The van der Waals surface area contributed by atoms with Crippen molar-refractivity contribution in [2.75, 3.05) is 0 Å². The first-order valence-electron chi connectivity index (χ1n) is 5.65. The van der Waals surface area contributed by atoms with E-state index in [0.29, 0.717) is 6.92 Å². The van der Waals surface area contributed by atoms with E-state index in [-0.39, 0.29) is 5.56 Å². The molecule has 1 atom stereocenters. The van der Waals surface area contributed by atoms with Gasteiger partial charge in [-0.1, -0.05) is 12.1 Å². The fraction of sp³-hybridized carbons (Fsp3) is 0.231. The lowest BCUT2D eigenvalue weighted by Gasteiger charge is -2.36. The van der Waals surface area contributed by atoms with Gasteiger partial charge in [0.05, 0.1) is 5.57 Å². The van der Waals surface area contributed by atoms with Crippen LogP contribution in [0.2, 0.25) is 0 Å². The highest BCUT2D eigenvalue weighted by Crippen LogP contribution is 2.46. The molecule has 1 aromatic carbocycles. The Kier molecular flexibility index (Phi) is 3.19. The van der Waals surface area contributed by atoms with E-state index in [1.807, 2.05) is 0 Å². The monoisotopic (exact) mass is 302 g/mol. The Bertz CT molecular complexity index is 662. The topological polar surface area (TPSA) is 83.8 Å². The third-order valence-corrected chi connectivity index (χ3v) is 3.17. The van der Waals surface area contributed by atoms with Crippen LogP contribution in [0.5, 0.6) is 5.75 Å². The molecular formula is C13H9F3O5. The number of rotatable bonds is 2. The quantitative estimate of drug-likeness (QED) is 0.877. The first-order chi connectivity index (χ1) is 9.58. The average molecular weight is 302 g/mol. The van der Waals surface area contributed by atoms with Crippen molar-refractivity contribution in [1.82, 2.24) is 0 Å². The van der Waals surface area contributed by atoms with Gasteiger partial charge in [-0.05, 0) is 19.1 Å². The van der Waals surface area contributed by atoms with Crippen LogP contribution in [0.1, 0.15) is 22.8 Å². The normalized spacial score (nSPS) is 21.0. The van der Waals surface area contributed by atoms with Gasteiger partial charge in [0.15, 0.2) is 0 Å². The number of alkyl halides is 3. The van der Waals surface area contributed by atoms with Crippen LogP contribution < -0.4 is 4.74 Å². The van der Waals surface area contributed by atoms with Crippen molar-refractivity contribution >= 4 is 18.0 Å². The standard InChI is InChI=1S/C13H9F3O5/c1-12(13(14,15)16)8(11(19)20)5-6-3-2-4-7(10(17)18)9(6)21-12/h2-5H,1H3,(H,17,18)(H,19,20). The molecule has 2 N–H and O–H groups in total. The van der Waals surface area contributed by atoms with Crippen molar-refractivity contribution in [3.8, 4) is 5.75 Å². The molecule has 0 spiro atoms. The number of hydrogen-bond acceptors (Lipinski definition) is 3. The fourth-order valence-electron chi connectivity index (χ4n) is 1.98. The van der Waals surface area contributed by atoms with Crippen molar-refractivity contribution in [3.63, 3.8) is 0 Å². The maximum absolute atomic E-state index is 13.2. The minimum Gasteiger partial charge on any atom is -0.478 e. The zero-order valence-corrected chi connectivity index (χ0v) is 10.6. The molecule has 0 amide bonds. The van der Waals surface area contributed by atoms with Gasteiger partial charge in [-0.3, -0.25) is 0 Å². The first kappa shape index (κ1) is 14.9. The summed E-state index contributed by atoms with van der Waals surface area (Å²) in [6, 6.07) is 3.65. The van der Waals surface area contributed by atoms with E-state index in [1.165, 1.54) is 12.1 Å². The summed E-state index contributed by atoms with van der Waals surface area (Å²) in [6.45, 7) is 0.550. The number of hydrogen-bond donors (Lipinski definition) is 2. The summed E-state index contributed by atoms with van der Waals surface area (Å²) in [5, 5.41) is 18.0. The molecule has 112 valence electrons. The summed E-state index contributed by atoms with van der Waals surface area (Å²) >= 11 is 0. The highest BCUT2D eigenvalue weighted by atomic mass is 19.4. The third kappa shape index (κ3) is 2.22. The highest BCUT2D eigenvalue weighted by Gasteiger charge is 2.60. The Morgan fingerprint density at radius 3 is 2.29 bits per heavy atom. The first-order valence-corrected chi connectivity index (χ1v) is 5.65. The van der Waals surface area contributed by atoms with E-state index in [9.17, 15) is 22.8 Å². The molecule has 0 radical (unpaired) electrons. The second-order valence-corrected chi connectivity index (χ2v) is 4.53. The number of benzene rings is 1. The van der Waals surface area contributed by atoms with Gasteiger partial charge in [0.1, 0.15) is 11.3 Å². The average Bonchev–Trinajstić information content (AvgIpc) is 2.35. The van der Waals surface area contributed by atoms with Crippen LogP contribution in [0, 0.1) is 0 Å². The Balaban J connectivity index is 2.74. The summed E-state index contributed by atoms with van der Waals surface area (Å²) in [4.78, 5) is 22.1. The van der Waals surface area contributed by atoms with Gasteiger partial charge in [-0.15, -0.1) is 0 Å². The van der Waals surface area contributed by atoms with Gasteiger partial charge in [0.25, 0.3) is 0 Å². The summed E-state index contributed by atoms with van der Waals surface area (Å²) < 4.78 is 44.4. The molecule has 0 saturated carbocycles. The number of aromatic carboxylic acids is 1. The van der Waals surface area contributed by atoms with E-state index >= 15 is 0 Å². The minimum atomic E-state index is -5.03. The molecule has 1 aliphatic rings. The van der Waals surface area contributed by atoms with Gasteiger partial charge in [0, 0.05) is 5.56 Å². The molecule has 0 bridgehead atoms. The van der Waals surface area contributed by atoms with Gasteiger partial charge in [0.2, 0.25) is 5.60 Å². The van der Waals surface area contributed by atoms with Gasteiger partial charge >= 0.3 is 18.1 Å². The predicted molar refractivity (Wildman–Crippen MR) is 64.1 cm³/mol. The van der Waals surface area contributed by atoms with Crippen LogP contribution in [0.3, 0.4) is 0 Å². The highest BCUT2D eigenvalue weighted by molar-refractivity contribution is 5.99. The van der Waals surface area contributed by atoms with Crippen molar-refractivity contribution in [2.24, 2.45) is 0 Å². The van der Waals surface area contributed by atoms with E-state index in [1.54, 1.807) is 0 Å². The lowest BCUT2D eigenvalue weighted by atomic mass is 9.89.